The Morgan fingerprint density at radius 1 is 1.85 bits per heavy atom. The van der Waals surface area contributed by atoms with E-state index in [9.17, 15) is 4.79 Å². The zero-order chi connectivity index (χ0) is 9.68. The first-order valence-corrected chi connectivity index (χ1v) is 3.61. The minimum atomic E-state index is -1.06. The van der Waals surface area contributed by atoms with Crippen LogP contribution in [0.4, 0.5) is 0 Å². The van der Waals surface area contributed by atoms with Gasteiger partial charge < -0.3 is 14.4 Å². The van der Waals surface area contributed by atoms with Crippen LogP contribution >= 0.6 is 0 Å². The lowest BCUT2D eigenvalue weighted by molar-refractivity contribution is -0.142. The van der Waals surface area contributed by atoms with E-state index in [0.717, 1.165) is 5.56 Å². The minimum Gasteiger partial charge on any atom is -0.479 e. The number of furan rings is 1. The molecule has 0 spiro atoms. The Morgan fingerprint density at radius 2 is 2.62 bits per heavy atom. The van der Waals surface area contributed by atoms with Gasteiger partial charge in [-0.05, 0) is 18.6 Å². The summed E-state index contributed by atoms with van der Waals surface area (Å²) in [5.74, 6) is -0.501. The van der Waals surface area contributed by atoms with Crippen LogP contribution in [0.3, 0.4) is 0 Å². The third-order valence-electron chi connectivity index (χ3n) is 1.33. The molecule has 1 aromatic heterocycles. The number of carbonyl (C=O) groups is 1. The van der Waals surface area contributed by atoms with Crippen LogP contribution in [-0.4, -0.2) is 23.9 Å². The molecule has 1 N–H and O–H groups in total. The molecule has 0 aromatic carbocycles. The molecule has 13 heavy (non-hydrogen) atoms. The molecule has 5 heteroatoms. The van der Waals surface area contributed by atoms with Crippen LogP contribution in [0.25, 0.3) is 0 Å². The van der Waals surface area contributed by atoms with Crippen LogP contribution in [-0.2, 0) is 9.63 Å². The summed E-state index contributed by atoms with van der Waals surface area (Å²) in [4.78, 5) is 14.4. The molecule has 0 atom stereocenters. The van der Waals surface area contributed by atoms with Gasteiger partial charge in [0.1, 0.15) is 6.21 Å². The Kier molecular flexibility index (Phi) is 3.08. The fraction of sp³-hybridized carbons (Fsp3) is 0.250. The van der Waals surface area contributed by atoms with Crippen LogP contribution in [0.15, 0.2) is 21.9 Å². The number of aliphatic carboxylic acids is 1. The van der Waals surface area contributed by atoms with Gasteiger partial charge in [-0.25, -0.2) is 4.79 Å². The lowest BCUT2D eigenvalue weighted by Gasteiger charge is -1.91. The number of hydrogen-bond acceptors (Lipinski definition) is 4. The number of hydrogen-bond donors (Lipinski definition) is 1. The van der Waals surface area contributed by atoms with Crippen molar-refractivity contribution in [3.05, 3.63) is 23.7 Å². The average Bonchev–Trinajstić information content (AvgIpc) is 2.45. The molecule has 0 saturated heterocycles. The van der Waals surface area contributed by atoms with Gasteiger partial charge in [-0.15, -0.1) is 0 Å². The quantitative estimate of drug-likeness (QED) is 0.558. The monoisotopic (exact) mass is 183 g/mol. The zero-order valence-electron chi connectivity index (χ0n) is 7.06. The molecule has 70 valence electrons. The predicted molar refractivity (Wildman–Crippen MR) is 44.6 cm³/mol. The van der Waals surface area contributed by atoms with E-state index in [4.69, 9.17) is 9.52 Å². The van der Waals surface area contributed by atoms with Gasteiger partial charge in [0, 0.05) is 0 Å². The molecule has 0 unspecified atom stereocenters. The van der Waals surface area contributed by atoms with E-state index < -0.39 is 12.6 Å². The Balaban J connectivity index is 2.41. The number of oxime groups is 1. The normalized spacial score (nSPS) is 10.5. The van der Waals surface area contributed by atoms with E-state index in [2.05, 4.69) is 9.99 Å². The lowest BCUT2D eigenvalue weighted by Crippen LogP contribution is -2.03. The van der Waals surface area contributed by atoms with Gasteiger partial charge in [0.15, 0.2) is 5.76 Å². The van der Waals surface area contributed by atoms with Crippen molar-refractivity contribution in [1.29, 1.82) is 0 Å². The zero-order valence-corrected chi connectivity index (χ0v) is 7.06. The molecule has 0 fully saturated rings. The van der Waals surface area contributed by atoms with Crippen molar-refractivity contribution in [3.8, 4) is 0 Å². The Bertz CT molecular complexity index is 316. The number of nitrogens with zero attached hydrogens (tertiary/aromatic N) is 1. The molecule has 0 bridgehead atoms. The first-order chi connectivity index (χ1) is 6.20. The Hall–Kier alpha value is -1.78. The highest BCUT2D eigenvalue weighted by Gasteiger charge is 1.97. The Morgan fingerprint density at radius 3 is 3.15 bits per heavy atom. The molecule has 1 heterocycles. The second-order valence-corrected chi connectivity index (χ2v) is 2.37. The van der Waals surface area contributed by atoms with E-state index in [1.54, 1.807) is 6.07 Å². The van der Waals surface area contributed by atoms with E-state index in [1.807, 2.05) is 6.92 Å². The van der Waals surface area contributed by atoms with Crippen LogP contribution in [0.5, 0.6) is 0 Å². The van der Waals surface area contributed by atoms with Crippen molar-refractivity contribution in [3.63, 3.8) is 0 Å². The van der Waals surface area contributed by atoms with Crippen molar-refractivity contribution in [1.82, 2.24) is 0 Å². The standard InChI is InChI=1S/C8H9NO4/c1-6-2-3-12-7(6)4-9-13-5-8(10)11/h2-4H,5H2,1H3,(H,10,11)/b9-4+. The van der Waals surface area contributed by atoms with Crippen LogP contribution < -0.4 is 0 Å². The second-order valence-electron chi connectivity index (χ2n) is 2.37. The highest BCUT2D eigenvalue weighted by atomic mass is 16.6. The van der Waals surface area contributed by atoms with Crippen LogP contribution in [0.1, 0.15) is 11.3 Å². The van der Waals surface area contributed by atoms with Gasteiger partial charge in [0.25, 0.3) is 0 Å². The number of carboxylic acids is 1. The minimum absolute atomic E-state index is 0.448. The molecule has 0 amide bonds. The maximum Gasteiger partial charge on any atom is 0.344 e. The number of carboxylic acid groups (broad SMARTS) is 1. The van der Waals surface area contributed by atoms with Gasteiger partial charge >= 0.3 is 5.97 Å². The van der Waals surface area contributed by atoms with Crippen LogP contribution in [0, 0.1) is 6.92 Å². The van der Waals surface area contributed by atoms with Crippen molar-refractivity contribution in [2.24, 2.45) is 5.16 Å². The average molecular weight is 183 g/mol. The molecular weight excluding hydrogens is 174 g/mol. The van der Waals surface area contributed by atoms with E-state index in [1.165, 1.54) is 12.5 Å². The molecule has 0 saturated carbocycles. The second kappa shape index (κ2) is 4.30. The van der Waals surface area contributed by atoms with Crippen molar-refractivity contribution < 1.29 is 19.2 Å². The maximum atomic E-state index is 10.0. The maximum absolute atomic E-state index is 10.0. The number of rotatable bonds is 4. The first-order valence-electron chi connectivity index (χ1n) is 3.61. The van der Waals surface area contributed by atoms with Gasteiger partial charge in [-0.3, -0.25) is 0 Å². The Labute approximate surface area is 74.6 Å². The molecule has 0 aliphatic carbocycles. The van der Waals surface area contributed by atoms with Crippen molar-refractivity contribution in [2.45, 2.75) is 6.92 Å². The van der Waals surface area contributed by atoms with E-state index in [-0.39, 0.29) is 0 Å². The van der Waals surface area contributed by atoms with Gasteiger partial charge in [-0.2, -0.15) is 0 Å². The summed E-state index contributed by atoms with van der Waals surface area (Å²) < 4.78 is 4.99. The molecule has 0 aliphatic rings. The summed E-state index contributed by atoms with van der Waals surface area (Å²) in [5.41, 5.74) is 0.919. The van der Waals surface area contributed by atoms with E-state index in [0.29, 0.717) is 5.76 Å². The topological polar surface area (TPSA) is 72.0 Å². The predicted octanol–water partition coefficient (Wildman–Crippen LogP) is 1.02. The molecular formula is C8H9NO4. The highest BCUT2D eigenvalue weighted by molar-refractivity contribution is 5.77. The molecule has 1 rings (SSSR count). The molecule has 5 nitrogen and oxygen atoms in total. The molecule has 0 aliphatic heterocycles. The van der Waals surface area contributed by atoms with Crippen LogP contribution in [0.2, 0.25) is 0 Å². The van der Waals surface area contributed by atoms with Crippen molar-refractivity contribution in [2.75, 3.05) is 6.61 Å². The van der Waals surface area contributed by atoms with Crippen molar-refractivity contribution >= 4 is 12.2 Å². The summed E-state index contributed by atoms with van der Waals surface area (Å²) in [6.45, 7) is 1.40. The number of aryl methyl sites for hydroxylation is 1. The van der Waals surface area contributed by atoms with Gasteiger partial charge in [0.2, 0.25) is 6.61 Å². The largest absolute Gasteiger partial charge is 0.479 e. The first kappa shape index (κ1) is 9.31. The summed E-state index contributed by atoms with van der Waals surface area (Å²) in [6, 6.07) is 1.78. The fourth-order valence-corrected chi connectivity index (χ4v) is 0.694. The lowest BCUT2D eigenvalue weighted by atomic mass is 10.3. The third-order valence-corrected chi connectivity index (χ3v) is 1.33. The smallest absolute Gasteiger partial charge is 0.344 e. The highest BCUT2D eigenvalue weighted by Crippen LogP contribution is 2.04. The SMILES string of the molecule is Cc1ccoc1/C=N/OCC(=O)O. The summed E-state index contributed by atoms with van der Waals surface area (Å²) in [5, 5.41) is 11.6. The van der Waals surface area contributed by atoms with E-state index >= 15 is 0 Å². The van der Waals surface area contributed by atoms with Gasteiger partial charge in [0.05, 0.1) is 6.26 Å². The summed E-state index contributed by atoms with van der Waals surface area (Å²) in [7, 11) is 0. The third kappa shape index (κ3) is 2.98. The fourth-order valence-electron chi connectivity index (χ4n) is 0.694. The van der Waals surface area contributed by atoms with Gasteiger partial charge in [-0.1, -0.05) is 5.16 Å². The molecule has 0 radical (unpaired) electrons. The summed E-state index contributed by atoms with van der Waals surface area (Å²) in [6.07, 6.45) is 2.85. The molecule has 1 aromatic rings. The summed E-state index contributed by atoms with van der Waals surface area (Å²) >= 11 is 0.